The number of alkyl halides is 3. The fourth-order valence-corrected chi connectivity index (χ4v) is 2.65. The summed E-state index contributed by atoms with van der Waals surface area (Å²) in [4.78, 5) is 13.2. The lowest BCUT2D eigenvalue weighted by molar-refractivity contribution is -0.183. The number of carbonyl (C=O) groups is 1. The van der Waals surface area contributed by atoms with E-state index >= 15 is 0 Å². The first-order chi connectivity index (χ1) is 10.4. The van der Waals surface area contributed by atoms with Gasteiger partial charge >= 0.3 is 6.18 Å². The van der Waals surface area contributed by atoms with Crippen LogP contribution in [0, 0.1) is 0 Å². The number of carbonyl (C=O) groups excluding carboxylic acids is 1. The number of thioether (sulfide) groups is 1. The lowest BCUT2D eigenvalue weighted by atomic mass is 10.2. The van der Waals surface area contributed by atoms with Gasteiger partial charge in [-0.1, -0.05) is 11.8 Å². The molecule has 0 aliphatic carbocycles. The molecule has 2 heterocycles. The Kier molecular flexibility index (Phi) is 5.76. The van der Waals surface area contributed by atoms with Gasteiger partial charge in [0.15, 0.2) is 10.9 Å². The molecule has 0 radical (unpaired) electrons. The highest BCUT2D eigenvalue weighted by Gasteiger charge is 2.43. The van der Waals surface area contributed by atoms with Crippen LogP contribution in [-0.4, -0.2) is 62.0 Å². The zero-order valence-corrected chi connectivity index (χ0v) is 12.9. The number of nitrogens with one attached hydrogen (secondary N) is 2. The fraction of sp³-hybridized carbons (Fsp3) is 0.615. The first-order valence-corrected chi connectivity index (χ1v) is 8.08. The monoisotopic (exact) mass is 337 g/mol. The minimum absolute atomic E-state index is 0.0191. The number of furan rings is 1. The Labute approximate surface area is 130 Å². The summed E-state index contributed by atoms with van der Waals surface area (Å²) in [5.74, 6) is -0.615. The highest BCUT2D eigenvalue weighted by atomic mass is 32.2. The van der Waals surface area contributed by atoms with Crippen LogP contribution < -0.4 is 10.6 Å². The smallest absolute Gasteiger partial charge is 0.405 e. The Balaban J connectivity index is 1.96. The summed E-state index contributed by atoms with van der Waals surface area (Å²) in [5.41, 5.74) is 0. The summed E-state index contributed by atoms with van der Waals surface area (Å²) in [6.45, 7) is 1.14. The summed E-state index contributed by atoms with van der Waals surface area (Å²) in [7, 11) is 0. The first-order valence-electron chi connectivity index (χ1n) is 6.85. The largest absolute Gasteiger partial charge is 0.445 e. The molecule has 1 aromatic rings. The van der Waals surface area contributed by atoms with Gasteiger partial charge in [0.1, 0.15) is 6.04 Å². The van der Waals surface area contributed by atoms with Crippen LogP contribution >= 0.6 is 11.8 Å². The van der Waals surface area contributed by atoms with Crippen molar-refractivity contribution in [1.82, 2.24) is 15.5 Å². The van der Waals surface area contributed by atoms with Gasteiger partial charge in [0.05, 0.1) is 0 Å². The number of hydrogen-bond acceptors (Lipinski definition) is 5. The van der Waals surface area contributed by atoms with E-state index in [1.807, 2.05) is 0 Å². The summed E-state index contributed by atoms with van der Waals surface area (Å²) in [5, 5.41) is 5.86. The summed E-state index contributed by atoms with van der Waals surface area (Å²) < 4.78 is 44.7. The number of amides is 1. The van der Waals surface area contributed by atoms with E-state index in [-0.39, 0.29) is 5.76 Å². The maximum absolute atomic E-state index is 13.2. The van der Waals surface area contributed by atoms with Gasteiger partial charge in [0.25, 0.3) is 5.91 Å². The van der Waals surface area contributed by atoms with Crippen molar-refractivity contribution in [2.75, 3.05) is 39.0 Å². The van der Waals surface area contributed by atoms with Crippen molar-refractivity contribution in [3.05, 3.63) is 17.9 Å². The van der Waals surface area contributed by atoms with Gasteiger partial charge in [0, 0.05) is 32.7 Å². The Bertz CT molecular complexity index is 501. The van der Waals surface area contributed by atoms with Crippen LogP contribution in [0.5, 0.6) is 0 Å². The van der Waals surface area contributed by atoms with Crippen molar-refractivity contribution in [2.45, 2.75) is 17.3 Å². The second-order valence-corrected chi connectivity index (χ2v) is 5.69. The van der Waals surface area contributed by atoms with Crippen molar-refractivity contribution < 1.29 is 22.4 Å². The molecule has 1 fully saturated rings. The topological polar surface area (TPSA) is 57.5 Å². The van der Waals surface area contributed by atoms with E-state index in [1.165, 1.54) is 22.7 Å². The second-order valence-electron chi connectivity index (χ2n) is 4.88. The average molecular weight is 337 g/mol. The van der Waals surface area contributed by atoms with Crippen molar-refractivity contribution in [1.29, 1.82) is 0 Å². The molecule has 1 saturated heterocycles. The Morgan fingerprint density at radius 1 is 1.45 bits per heavy atom. The number of nitrogens with zero attached hydrogens (tertiary/aromatic N) is 1. The molecule has 9 heteroatoms. The Hall–Kier alpha value is -1.19. The normalized spacial score (nSPS) is 18.2. The fourth-order valence-electron chi connectivity index (χ4n) is 2.27. The molecule has 0 bridgehead atoms. The first kappa shape index (κ1) is 17.2. The van der Waals surface area contributed by atoms with Crippen LogP contribution in [-0.2, 0) is 0 Å². The van der Waals surface area contributed by atoms with Crippen LogP contribution in [0.2, 0.25) is 0 Å². The Morgan fingerprint density at radius 3 is 2.68 bits per heavy atom. The van der Waals surface area contributed by atoms with E-state index in [0.717, 1.165) is 0 Å². The predicted molar refractivity (Wildman–Crippen MR) is 77.1 cm³/mol. The quantitative estimate of drug-likeness (QED) is 0.799. The zero-order valence-electron chi connectivity index (χ0n) is 12.1. The number of rotatable bonds is 5. The second kappa shape index (κ2) is 7.38. The molecule has 124 valence electrons. The SMILES string of the molecule is CSc1ccc(C(=O)NCC(N2CCNCC2)C(F)(F)F)o1. The summed E-state index contributed by atoms with van der Waals surface area (Å²) in [6.07, 6.45) is -2.61. The molecular formula is C13H18F3N3O2S. The third kappa shape index (κ3) is 4.40. The van der Waals surface area contributed by atoms with Crippen LogP contribution in [0.15, 0.2) is 21.6 Å². The molecule has 1 aliphatic rings. The molecular weight excluding hydrogens is 319 g/mol. The molecule has 1 amide bonds. The number of piperazine rings is 1. The molecule has 1 aromatic heterocycles. The standard InChI is InChI=1S/C13H18F3N3O2S/c1-22-11-3-2-9(21-11)12(20)18-8-10(13(14,15)16)19-6-4-17-5-7-19/h2-3,10,17H,4-8H2,1H3,(H,18,20). The van der Waals surface area contributed by atoms with E-state index in [9.17, 15) is 18.0 Å². The third-order valence-electron chi connectivity index (χ3n) is 3.43. The van der Waals surface area contributed by atoms with Gasteiger partial charge in [-0.3, -0.25) is 9.69 Å². The molecule has 1 unspecified atom stereocenters. The van der Waals surface area contributed by atoms with E-state index in [2.05, 4.69) is 10.6 Å². The van der Waals surface area contributed by atoms with E-state index in [0.29, 0.717) is 31.3 Å². The van der Waals surface area contributed by atoms with Crippen LogP contribution in [0.1, 0.15) is 10.6 Å². The van der Waals surface area contributed by atoms with E-state index < -0.39 is 24.7 Å². The predicted octanol–water partition coefficient (Wildman–Crippen LogP) is 1.57. The van der Waals surface area contributed by atoms with Crippen LogP contribution in [0.3, 0.4) is 0 Å². The minimum Gasteiger partial charge on any atom is -0.445 e. The van der Waals surface area contributed by atoms with Crippen molar-refractivity contribution >= 4 is 17.7 Å². The molecule has 1 atom stereocenters. The molecule has 0 aromatic carbocycles. The Morgan fingerprint density at radius 2 is 2.14 bits per heavy atom. The zero-order chi connectivity index (χ0) is 16.2. The lowest BCUT2D eigenvalue weighted by Gasteiger charge is -2.35. The summed E-state index contributed by atoms with van der Waals surface area (Å²) in [6, 6.07) is 1.37. The van der Waals surface area contributed by atoms with E-state index in [1.54, 1.807) is 12.3 Å². The lowest BCUT2D eigenvalue weighted by Crippen LogP contribution is -2.57. The molecule has 0 saturated carbocycles. The maximum Gasteiger partial charge on any atom is 0.405 e. The average Bonchev–Trinajstić information content (AvgIpc) is 2.96. The maximum atomic E-state index is 13.2. The van der Waals surface area contributed by atoms with Gasteiger partial charge in [-0.15, -0.1) is 0 Å². The minimum atomic E-state index is -4.39. The van der Waals surface area contributed by atoms with Crippen LogP contribution in [0.4, 0.5) is 13.2 Å². The van der Waals surface area contributed by atoms with Gasteiger partial charge < -0.3 is 15.1 Å². The van der Waals surface area contributed by atoms with Crippen molar-refractivity contribution in [3.63, 3.8) is 0 Å². The molecule has 1 aliphatic heterocycles. The van der Waals surface area contributed by atoms with Gasteiger partial charge in [0.2, 0.25) is 0 Å². The third-order valence-corrected chi connectivity index (χ3v) is 4.05. The van der Waals surface area contributed by atoms with Gasteiger partial charge in [-0.05, 0) is 18.4 Å². The molecule has 2 N–H and O–H groups in total. The highest BCUT2D eigenvalue weighted by molar-refractivity contribution is 7.98. The summed E-state index contributed by atoms with van der Waals surface area (Å²) >= 11 is 1.32. The number of hydrogen-bond donors (Lipinski definition) is 2. The van der Waals surface area contributed by atoms with Gasteiger partial charge in [-0.25, -0.2) is 0 Å². The molecule has 22 heavy (non-hydrogen) atoms. The number of halogens is 3. The highest BCUT2D eigenvalue weighted by Crippen LogP contribution is 2.25. The van der Waals surface area contributed by atoms with E-state index in [4.69, 9.17) is 4.42 Å². The van der Waals surface area contributed by atoms with Crippen molar-refractivity contribution in [3.8, 4) is 0 Å². The van der Waals surface area contributed by atoms with Crippen LogP contribution in [0.25, 0.3) is 0 Å². The van der Waals surface area contributed by atoms with Crippen molar-refractivity contribution in [2.24, 2.45) is 0 Å². The molecule has 2 rings (SSSR count). The molecule has 5 nitrogen and oxygen atoms in total. The van der Waals surface area contributed by atoms with Gasteiger partial charge in [-0.2, -0.15) is 13.2 Å². The molecule has 0 spiro atoms.